The quantitative estimate of drug-likeness (QED) is 0.854. The van der Waals surface area contributed by atoms with Crippen molar-refractivity contribution in [1.29, 1.82) is 0 Å². The van der Waals surface area contributed by atoms with E-state index in [1.54, 1.807) is 6.07 Å². The van der Waals surface area contributed by atoms with Crippen LogP contribution in [0, 0.1) is 11.7 Å². The van der Waals surface area contributed by atoms with E-state index in [0.717, 1.165) is 31.1 Å². The largest absolute Gasteiger partial charge is 0.438 e. The first-order valence-corrected chi connectivity index (χ1v) is 7.46. The van der Waals surface area contributed by atoms with Crippen LogP contribution >= 0.6 is 0 Å². The fourth-order valence-corrected chi connectivity index (χ4v) is 3.02. The summed E-state index contributed by atoms with van der Waals surface area (Å²) in [4.78, 5) is 6.73. The van der Waals surface area contributed by atoms with Gasteiger partial charge in [-0.2, -0.15) is 0 Å². The summed E-state index contributed by atoms with van der Waals surface area (Å²) in [6.07, 6.45) is 3.22. The van der Waals surface area contributed by atoms with Crippen LogP contribution in [0.4, 0.5) is 4.39 Å². The van der Waals surface area contributed by atoms with E-state index in [4.69, 9.17) is 4.42 Å². The Morgan fingerprint density at radius 3 is 3.05 bits per heavy atom. The lowest BCUT2D eigenvalue weighted by Crippen LogP contribution is -2.33. The Labute approximate surface area is 118 Å². The molecule has 0 aliphatic carbocycles. The van der Waals surface area contributed by atoms with E-state index in [0.29, 0.717) is 17.8 Å². The van der Waals surface area contributed by atoms with Crippen molar-refractivity contribution < 1.29 is 8.81 Å². The maximum Gasteiger partial charge on any atom is 0.195 e. The number of benzene rings is 1. The second kappa shape index (κ2) is 5.52. The Balaban J connectivity index is 1.84. The molecule has 0 bridgehead atoms. The van der Waals surface area contributed by atoms with Crippen LogP contribution in [0.5, 0.6) is 0 Å². The number of piperidine rings is 1. The minimum absolute atomic E-state index is 0.289. The number of aryl methyl sites for hydroxylation is 1. The van der Waals surface area contributed by atoms with Gasteiger partial charge in [0.25, 0.3) is 0 Å². The molecule has 1 aromatic heterocycles. The number of aromatic nitrogens is 1. The van der Waals surface area contributed by atoms with E-state index in [2.05, 4.69) is 16.8 Å². The smallest absolute Gasteiger partial charge is 0.195 e. The van der Waals surface area contributed by atoms with Gasteiger partial charge in [0.1, 0.15) is 5.52 Å². The van der Waals surface area contributed by atoms with Gasteiger partial charge in [0.2, 0.25) is 0 Å². The summed E-state index contributed by atoms with van der Waals surface area (Å²) in [5.41, 5.74) is 1.92. The average Bonchev–Trinajstić information content (AvgIpc) is 2.82. The first-order valence-electron chi connectivity index (χ1n) is 7.46. The fraction of sp³-hybridized carbons (Fsp3) is 0.562. The minimum atomic E-state index is -0.297. The predicted octanol–water partition coefficient (Wildman–Crippen LogP) is 3.76. The number of rotatable bonds is 3. The van der Waals surface area contributed by atoms with E-state index >= 15 is 0 Å². The monoisotopic (exact) mass is 276 g/mol. The van der Waals surface area contributed by atoms with Crippen molar-refractivity contribution in [3.63, 3.8) is 0 Å². The highest BCUT2D eigenvalue weighted by molar-refractivity contribution is 5.74. The van der Waals surface area contributed by atoms with Crippen LogP contribution < -0.4 is 0 Å². The summed E-state index contributed by atoms with van der Waals surface area (Å²) >= 11 is 0. The van der Waals surface area contributed by atoms with Crippen LogP contribution in [0.2, 0.25) is 0 Å². The van der Waals surface area contributed by atoms with Crippen LogP contribution in [0.25, 0.3) is 11.1 Å². The molecule has 1 atom stereocenters. The van der Waals surface area contributed by atoms with Gasteiger partial charge in [0, 0.05) is 19.5 Å². The lowest BCUT2D eigenvalue weighted by atomic mass is 10.00. The second-order valence-corrected chi connectivity index (χ2v) is 5.87. The molecule has 2 heterocycles. The highest BCUT2D eigenvalue weighted by Crippen LogP contribution is 2.24. The summed E-state index contributed by atoms with van der Waals surface area (Å²) in [5, 5.41) is 0. The van der Waals surface area contributed by atoms with Crippen molar-refractivity contribution in [3.05, 3.63) is 29.4 Å². The van der Waals surface area contributed by atoms with Gasteiger partial charge in [-0.25, -0.2) is 9.37 Å². The molecule has 20 heavy (non-hydrogen) atoms. The third kappa shape index (κ3) is 2.70. The Morgan fingerprint density at radius 1 is 1.45 bits per heavy atom. The number of oxazole rings is 1. The molecule has 0 saturated carbocycles. The van der Waals surface area contributed by atoms with E-state index in [9.17, 15) is 4.39 Å². The normalized spacial score (nSPS) is 20.6. The van der Waals surface area contributed by atoms with E-state index in [1.165, 1.54) is 12.8 Å². The Kier molecular flexibility index (Phi) is 3.74. The molecular weight excluding hydrogens is 255 g/mol. The van der Waals surface area contributed by atoms with Gasteiger partial charge in [-0.3, -0.25) is 4.90 Å². The fourth-order valence-electron chi connectivity index (χ4n) is 3.02. The van der Waals surface area contributed by atoms with Crippen LogP contribution in [0.15, 0.2) is 16.5 Å². The average molecular weight is 276 g/mol. The van der Waals surface area contributed by atoms with E-state index in [1.807, 2.05) is 13.0 Å². The highest BCUT2D eigenvalue weighted by atomic mass is 19.1. The van der Waals surface area contributed by atoms with Crippen molar-refractivity contribution in [3.8, 4) is 0 Å². The molecule has 1 aliphatic rings. The first kappa shape index (κ1) is 13.6. The van der Waals surface area contributed by atoms with Gasteiger partial charge in [0.05, 0.1) is 0 Å². The minimum Gasteiger partial charge on any atom is -0.438 e. The van der Waals surface area contributed by atoms with Crippen LogP contribution in [0.1, 0.15) is 38.1 Å². The summed E-state index contributed by atoms with van der Waals surface area (Å²) in [7, 11) is 0. The number of hydrogen-bond acceptors (Lipinski definition) is 3. The number of nitrogens with zero attached hydrogens (tertiary/aromatic N) is 2. The second-order valence-electron chi connectivity index (χ2n) is 5.87. The number of halogens is 1. The lowest BCUT2D eigenvalue weighted by Gasteiger charge is -2.30. The molecule has 2 aromatic rings. The standard InChI is InChI=1S/C16H21FN2O/c1-3-15-18-14-8-12(7-13(17)16(14)20-15)10-19-6-4-5-11(2)9-19/h7-8,11H,3-6,9-10H2,1-2H3. The predicted molar refractivity (Wildman–Crippen MR) is 77.0 cm³/mol. The molecule has 4 heteroatoms. The molecule has 3 nitrogen and oxygen atoms in total. The molecule has 0 radical (unpaired) electrons. The molecule has 3 rings (SSSR count). The third-order valence-electron chi connectivity index (χ3n) is 4.00. The molecule has 1 unspecified atom stereocenters. The van der Waals surface area contributed by atoms with Crippen molar-refractivity contribution in [2.45, 2.75) is 39.7 Å². The van der Waals surface area contributed by atoms with Crippen LogP contribution in [-0.4, -0.2) is 23.0 Å². The van der Waals surface area contributed by atoms with Crippen LogP contribution in [-0.2, 0) is 13.0 Å². The molecule has 1 aliphatic heterocycles. The maximum absolute atomic E-state index is 14.1. The summed E-state index contributed by atoms with van der Waals surface area (Å²) in [6, 6.07) is 3.55. The SMILES string of the molecule is CCc1nc2cc(CN3CCCC(C)C3)cc(F)c2o1. The van der Waals surface area contributed by atoms with Crippen molar-refractivity contribution in [2.75, 3.05) is 13.1 Å². The zero-order chi connectivity index (χ0) is 14.1. The number of likely N-dealkylation sites (tertiary alicyclic amines) is 1. The molecule has 1 aromatic carbocycles. The molecule has 1 fully saturated rings. The molecular formula is C16H21FN2O. The van der Waals surface area contributed by atoms with Crippen molar-refractivity contribution >= 4 is 11.1 Å². The summed E-state index contributed by atoms with van der Waals surface area (Å²) < 4.78 is 19.5. The molecule has 0 N–H and O–H groups in total. The van der Waals surface area contributed by atoms with Gasteiger partial charge in [-0.1, -0.05) is 13.8 Å². The topological polar surface area (TPSA) is 29.3 Å². The zero-order valence-electron chi connectivity index (χ0n) is 12.2. The number of hydrogen-bond donors (Lipinski definition) is 0. The Bertz CT molecular complexity index is 608. The van der Waals surface area contributed by atoms with Crippen molar-refractivity contribution in [2.24, 2.45) is 5.92 Å². The third-order valence-corrected chi connectivity index (χ3v) is 4.00. The summed E-state index contributed by atoms with van der Waals surface area (Å²) in [6.45, 7) is 7.23. The zero-order valence-corrected chi connectivity index (χ0v) is 12.2. The van der Waals surface area contributed by atoms with Gasteiger partial charge in [-0.15, -0.1) is 0 Å². The van der Waals surface area contributed by atoms with Gasteiger partial charge in [-0.05, 0) is 43.0 Å². The maximum atomic E-state index is 14.1. The molecule has 1 saturated heterocycles. The molecule has 0 amide bonds. The lowest BCUT2D eigenvalue weighted by molar-refractivity contribution is 0.176. The van der Waals surface area contributed by atoms with Gasteiger partial charge >= 0.3 is 0 Å². The Morgan fingerprint density at radius 2 is 2.30 bits per heavy atom. The Hall–Kier alpha value is -1.42. The highest BCUT2D eigenvalue weighted by Gasteiger charge is 2.18. The van der Waals surface area contributed by atoms with Crippen molar-refractivity contribution in [1.82, 2.24) is 9.88 Å². The molecule has 0 spiro atoms. The van der Waals surface area contributed by atoms with Gasteiger partial charge < -0.3 is 4.42 Å². The van der Waals surface area contributed by atoms with Crippen LogP contribution in [0.3, 0.4) is 0 Å². The van der Waals surface area contributed by atoms with E-state index < -0.39 is 0 Å². The van der Waals surface area contributed by atoms with Gasteiger partial charge in [0.15, 0.2) is 17.3 Å². The summed E-state index contributed by atoms with van der Waals surface area (Å²) in [5.74, 6) is 1.04. The first-order chi connectivity index (χ1) is 9.65. The molecule has 108 valence electrons. The number of fused-ring (bicyclic) bond motifs is 1. The van der Waals surface area contributed by atoms with E-state index in [-0.39, 0.29) is 11.4 Å².